The predicted octanol–water partition coefficient (Wildman–Crippen LogP) is 5.77. The molecule has 0 unspecified atom stereocenters. The molecule has 0 bridgehead atoms. The molecular weight excluding hydrogens is 526 g/mol. The maximum atomic E-state index is 13.9. The Labute approximate surface area is 246 Å². The summed E-state index contributed by atoms with van der Waals surface area (Å²) in [5.41, 5.74) is 9.42. The molecule has 5 rings (SSSR count). The highest BCUT2D eigenvalue weighted by atomic mass is 16.5. The topological polar surface area (TPSA) is 92.2 Å². The van der Waals surface area contributed by atoms with E-state index in [0.717, 1.165) is 27.8 Å². The van der Waals surface area contributed by atoms with Crippen molar-refractivity contribution in [2.45, 2.75) is 31.0 Å². The molecule has 214 valence electrons. The van der Waals surface area contributed by atoms with Gasteiger partial charge in [0.25, 0.3) is 5.91 Å². The van der Waals surface area contributed by atoms with E-state index >= 15 is 0 Å². The second kappa shape index (κ2) is 13.8. The zero-order chi connectivity index (χ0) is 29.2. The molecule has 42 heavy (non-hydrogen) atoms. The number of hydrogen-bond acceptors (Lipinski definition) is 6. The van der Waals surface area contributed by atoms with E-state index < -0.39 is 11.6 Å². The van der Waals surface area contributed by atoms with Crippen molar-refractivity contribution in [1.82, 2.24) is 10.9 Å². The Hall–Kier alpha value is -4.72. The number of ether oxygens (including phenoxy) is 2. The average Bonchev–Trinajstić information content (AvgIpc) is 3.43. The number of aliphatic hydroxyl groups is 1. The van der Waals surface area contributed by atoms with Gasteiger partial charge in [-0.1, -0.05) is 91.0 Å². The number of carbonyl (C=O) groups is 1. The summed E-state index contributed by atoms with van der Waals surface area (Å²) in [7, 11) is 0. The molecule has 0 saturated heterocycles. The van der Waals surface area contributed by atoms with Crippen molar-refractivity contribution in [3.8, 4) is 16.9 Å². The van der Waals surface area contributed by atoms with Crippen LogP contribution in [0.4, 0.5) is 0 Å². The smallest absolute Gasteiger partial charge is 0.266 e. The van der Waals surface area contributed by atoms with Gasteiger partial charge in [0.05, 0.1) is 6.61 Å². The minimum Gasteiger partial charge on any atom is -0.494 e. The molecule has 4 aromatic carbocycles. The third kappa shape index (κ3) is 6.60. The minimum absolute atomic E-state index is 0.0735. The van der Waals surface area contributed by atoms with E-state index in [2.05, 4.69) is 29.6 Å². The number of amides is 1. The number of nitrogens with zero attached hydrogens (tertiary/aromatic N) is 1. The summed E-state index contributed by atoms with van der Waals surface area (Å²) >= 11 is 0. The van der Waals surface area contributed by atoms with E-state index in [1.165, 1.54) is 0 Å². The second-order valence-electron chi connectivity index (χ2n) is 10.1. The molecule has 0 aliphatic carbocycles. The first-order valence-corrected chi connectivity index (χ1v) is 14.1. The molecule has 0 radical (unpaired) electrons. The zero-order valence-electron chi connectivity index (χ0n) is 23.4. The number of aliphatic hydroxyl groups excluding tert-OH is 1. The molecule has 0 spiro atoms. The first-order chi connectivity index (χ1) is 20.6. The van der Waals surface area contributed by atoms with Crippen LogP contribution in [0.2, 0.25) is 0 Å². The number of carbonyl (C=O) groups excluding carboxylic acids is 1. The highest BCUT2D eigenvalue weighted by Gasteiger charge is 2.52. The Bertz CT molecular complexity index is 1490. The molecule has 7 nitrogen and oxygen atoms in total. The standard InChI is InChI=1S/C35H35N3O4/c1-2-22-35(34(40)38-36-25-26-10-5-3-6-11-26)32(29-16-14-28(15-17-29)27-12-7-4-8-13-27)42-33(37-35)30-18-20-31(21-19-30)41-24-9-23-39/h2-8,10-21,32,36,39H,1,9,22-25H2,(H,38,40)/t32-,35-/m0/s1. The first-order valence-electron chi connectivity index (χ1n) is 14.1. The largest absolute Gasteiger partial charge is 0.494 e. The summed E-state index contributed by atoms with van der Waals surface area (Å²) in [4.78, 5) is 18.9. The summed E-state index contributed by atoms with van der Waals surface area (Å²) in [6.45, 7) is 4.90. The van der Waals surface area contributed by atoms with Crippen molar-refractivity contribution >= 4 is 11.8 Å². The summed E-state index contributed by atoms with van der Waals surface area (Å²) in [6, 6.07) is 35.4. The summed E-state index contributed by atoms with van der Waals surface area (Å²) in [6.07, 6.45) is 1.84. The summed E-state index contributed by atoms with van der Waals surface area (Å²) in [5, 5.41) is 9.02. The molecule has 3 N–H and O–H groups in total. The second-order valence-corrected chi connectivity index (χ2v) is 10.1. The SMILES string of the molecule is C=CC[C@]1(C(=O)NNCc2ccccc2)N=C(c2ccc(OCCCO)cc2)O[C@H]1c1ccc(-c2ccccc2)cc1. The number of rotatable bonds is 13. The van der Waals surface area contributed by atoms with E-state index in [9.17, 15) is 4.79 Å². The fraction of sp³-hybridized carbons (Fsp3) is 0.200. The molecule has 1 aliphatic rings. The predicted molar refractivity (Wildman–Crippen MR) is 165 cm³/mol. The summed E-state index contributed by atoms with van der Waals surface area (Å²) < 4.78 is 12.2. The minimum atomic E-state index is -1.29. The maximum Gasteiger partial charge on any atom is 0.266 e. The van der Waals surface area contributed by atoms with Gasteiger partial charge in [-0.2, -0.15) is 0 Å². The highest BCUT2D eigenvalue weighted by Crippen LogP contribution is 2.43. The van der Waals surface area contributed by atoms with Crippen molar-refractivity contribution < 1.29 is 19.4 Å². The van der Waals surface area contributed by atoms with Crippen LogP contribution in [0.5, 0.6) is 5.75 Å². The van der Waals surface area contributed by atoms with Gasteiger partial charge in [-0.25, -0.2) is 10.4 Å². The number of hydrazine groups is 1. The molecule has 4 aromatic rings. The molecule has 1 amide bonds. The van der Waals surface area contributed by atoms with Gasteiger partial charge >= 0.3 is 0 Å². The highest BCUT2D eigenvalue weighted by molar-refractivity contribution is 6.01. The van der Waals surface area contributed by atoms with Crippen molar-refractivity contribution in [2.24, 2.45) is 4.99 Å². The van der Waals surface area contributed by atoms with Gasteiger partial charge in [0, 0.05) is 31.6 Å². The Morgan fingerprint density at radius 1 is 0.905 bits per heavy atom. The summed E-state index contributed by atoms with van der Waals surface area (Å²) in [5.74, 6) is 0.739. The maximum absolute atomic E-state index is 13.9. The van der Waals surface area contributed by atoms with E-state index in [0.29, 0.717) is 31.2 Å². The lowest BCUT2D eigenvalue weighted by Crippen LogP contribution is -2.52. The van der Waals surface area contributed by atoms with E-state index in [1.54, 1.807) is 6.08 Å². The number of benzene rings is 4. The van der Waals surface area contributed by atoms with Crippen LogP contribution in [0.3, 0.4) is 0 Å². The normalized spacial score (nSPS) is 17.6. The lowest BCUT2D eigenvalue weighted by atomic mass is 9.84. The van der Waals surface area contributed by atoms with Crippen LogP contribution in [0.1, 0.15) is 35.6 Å². The van der Waals surface area contributed by atoms with Gasteiger partial charge in [0.2, 0.25) is 5.90 Å². The van der Waals surface area contributed by atoms with Gasteiger partial charge in [-0.3, -0.25) is 10.2 Å². The molecule has 1 aliphatic heterocycles. The van der Waals surface area contributed by atoms with Crippen LogP contribution in [0.15, 0.2) is 127 Å². The molecule has 7 heteroatoms. The van der Waals surface area contributed by atoms with Crippen molar-refractivity contribution in [3.63, 3.8) is 0 Å². The fourth-order valence-corrected chi connectivity index (χ4v) is 4.95. The Balaban J connectivity index is 1.44. The monoisotopic (exact) mass is 561 g/mol. The average molecular weight is 562 g/mol. The molecule has 0 fully saturated rings. The van der Waals surface area contributed by atoms with Crippen LogP contribution in [-0.4, -0.2) is 35.7 Å². The Morgan fingerprint density at radius 3 is 2.21 bits per heavy atom. The number of hydrogen-bond donors (Lipinski definition) is 3. The first kappa shape index (κ1) is 28.8. The van der Waals surface area contributed by atoms with Crippen LogP contribution < -0.4 is 15.6 Å². The van der Waals surface area contributed by atoms with Crippen LogP contribution in [0.25, 0.3) is 11.1 Å². The number of nitrogens with one attached hydrogen (secondary N) is 2. The van der Waals surface area contributed by atoms with Gasteiger partial charge < -0.3 is 14.6 Å². The van der Waals surface area contributed by atoms with Crippen LogP contribution >= 0.6 is 0 Å². The fourth-order valence-electron chi connectivity index (χ4n) is 4.95. The lowest BCUT2D eigenvalue weighted by Gasteiger charge is -2.29. The third-order valence-electron chi connectivity index (χ3n) is 7.14. The van der Waals surface area contributed by atoms with Gasteiger partial charge in [0.15, 0.2) is 11.6 Å². The Kier molecular flexibility index (Phi) is 9.44. The van der Waals surface area contributed by atoms with Crippen molar-refractivity contribution in [1.29, 1.82) is 0 Å². The van der Waals surface area contributed by atoms with Crippen LogP contribution in [-0.2, 0) is 16.1 Å². The van der Waals surface area contributed by atoms with E-state index in [-0.39, 0.29) is 18.9 Å². The molecule has 1 heterocycles. The van der Waals surface area contributed by atoms with Gasteiger partial charge in [-0.15, -0.1) is 6.58 Å². The molecule has 2 atom stereocenters. The number of aliphatic imine (C=N–C) groups is 1. The van der Waals surface area contributed by atoms with Crippen LogP contribution in [0, 0.1) is 0 Å². The van der Waals surface area contributed by atoms with E-state index in [4.69, 9.17) is 19.6 Å². The van der Waals surface area contributed by atoms with Crippen molar-refractivity contribution in [2.75, 3.05) is 13.2 Å². The lowest BCUT2D eigenvalue weighted by molar-refractivity contribution is -0.129. The van der Waals surface area contributed by atoms with Gasteiger partial charge in [-0.05, 0) is 46.5 Å². The van der Waals surface area contributed by atoms with Gasteiger partial charge in [0.1, 0.15) is 5.75 Å². The quantitative estimate of drug-likeness (QED) is 0.110. The van der Waals surface area contributed by atoms with E-state index in [1.807, 2.05) is 97.1 Å². The molecular formula is C35H35N3O4. The molecule has 0 aromatic heterocycles. The zero-order valence-corrected chi connectivity index (χ0v) is 23.4. The third-order valence-corrected chi connectivity index (χ3v) is 7.14. The Morgan fingerprint density at radius 2 is 1.55 bits per heavy atom. The molecule has 0 saturated carbocycles. The van der Waals surface area contributed by atoms with Crippen molar-refractivity contribution in [3.05, 3.63) is 139 Å².